The lowest BCUT2D eigenvalue weighted by Crippen LogP contribution is -1.90. The van der Waals surface area contributed by atoms with Gasteiger partial charge in [0.25, 0.3) is 0 Å². The maximum atomic E-state index is 3.27. The average molecular weight is 235 g/mol. The van der Waals surface area contributed by atoms with E-state index in [1.54, 1.807) is 0 Å². The molecule has 0 amide bonds. The highest BCUT2D eigenvalue weighted by molar-refractivity contribution is 5.82. The van der Waals surface area contributed by atoms with Crippen molar-refractivity contribution in [2.75, 3.05) is 0 Å². The lowest BCUT2D eigenvalue weighted by atomic mass is 10.0. The van der Waals surface area contributed by atoms with Crippen molar-refractivity contribution in [3.63, 3.8) is 0 Å². The molecule has 0 fully saturated rings. The van der Waals surface area contributed by atoms with E-state index in [0.29, 0.717) is 0 Å². The van der Waals surface area contributed by atoms with Crippen LogP contribution in [-0.2, 0) is 12.8 Å². The molecule has 0 unspecified atom stereocenters. The van der Waals surface area contributed by atoms with Crippen LogP contribution in [0.1, 0.15) is 17.5 Å². The van der Waals surface area contributed by atoms with Gasteiger partial charge in [-0.25, -0.2) is 0 Å². The summed E-state index contributed by atoms with van der Waals surface area (Å²) < 4.78 is 0. The summed E-state index contributed by atoms with van der Waals surface area (Å²) in [6, 6.07) is 19.4. The number of aromatic amines is 1. The Kier molecular flexibility index (Phi) is 3.14. The molecule has 0 saturated carbocycles. The second-order valence-electron chi connectivity index (χ2n) is 4.70. The van der Waals surface area contributed by atoms with E-state index in [1.165, 1.54) is 28.5 Å². The third kappa shape index (κ3) is 2.30. The number of hydrogen-bond donors (Lipinski definition) is 1. The highest BCUT2D eigenvalue weighted by Gasteiger charge is 2.01. The Morgan fingerprint density at radius 3 is 2.56 bits per heavy atom. The molecule has 3 rings (SSSR count). The van der Waals surface area contributed by atoms with Gasteiger partial charge in [-0.15, -0.1) is 0 Å². The number of benzene rings is 2. The average Bonchev–Trinajstić information content (AvgIpc) is 2.89. The minimum atomic E-state index is 1.14. The minimum Gasteiger partial charge on any atom is -0.361 e. The fourth-order valence-electron chi connectivity index (χ4n) is 2.50. The van der Waals surface area contributed by atoms with Crippen LogP contribution in [0.5, 0.6) is 0 Å². The normalized spacial score (nSPS) is 10.9. The molecule has 0 bridgehead atoms. The molecule has 90 valence electrons. The molecule has 18 heavy (non-hydrogen) atoms. The Hall–Kier alpha value is -2.02. The first-order valence-corrected chi connectivity index (χ1v) is 6.52. The van der Waals surface area contributed by atoms with E-state index in [-0.39, 0.29) is 0 Å². The molecule has 1 heteroatoms. The summed E-state index contributed by atoms with van der Waals surface area (Å²) >= 11 is 0. The quantitative estimate of drug-likeness (QED) is 0.692. The zero-order chi connectivity index (χ0) is 12.2. The molecule has 2 aromatic carbocycles. The summed E-state index contributed by atoms with van der Waals surface area (Å²) in [7, 11) is 0. The van der Waals surface area contributed by atoms with Crippen LogP contribution in [0.3, 0.4) is 0 Å². The van der Waals surface area contributed by atoms with Crippen LogP contribution in [0.2, 0.25) is 0 Å². The van der Waals surface area contributed by atoms with Gasteiger partial charge in [0, 0.05) is 17.1 Å². The second-order valence-corrected chi connectivity index (χ2v) is 4.70. The van der Waals surface area contributed by atoms with Gasteiger partial charge >= 0.3 is 0 Å². The van der Waals surface area contributed by atoms with Gasteiger partial charge in [0.1, 0.15) is 0 Å². The van der Waals surface area contributed by atoms with Gasteiger partial charge in [-0.2, -0.15) is 0 Å². The van der Waals surface area contributed by atoms with E-state index < -0.39 is 0 Å². The molecular weight excluding hydrogens is 218 g/mol. The third-order valence-corrected chi connectivity index (χ3v) is 3.44. The van der Waals surface area contributed by atoms with E-state index >= 15 is 0 Å². The number of fused-ring (bicyclic) bond motifs is 1. The Balaban J connectivity index is 1.68. The van der Waals surface area contributed by atoms with Crippen LogP contribution in [0.15, 0.2) is 60.8 Å². The number of rotatable bonds is 4. The van der Waals surface area contributed by atoms with Crippen LogP contribution < -0.4 is 0 Å². The Labute approximate surface area is 107 Å². The number of hydrogen-bond acceptors (Lipinski definition) is 0. The lowest BCUT2D eigenvalue weighted by molar-refractivity contribution is 0.825. The Morgan fingerprint density at radius 2 is 1.67 bits per heavy atom. The maximum Gasteiger partial charge on any atom is 0.0456 e. The maximum absolute atomic E-state index is 3.27. The number of nitrogens with one attached hydrogen (secondary N) is 1. The summed E-state index contributed by atoms with van der Waals surface area (Å²) in [5.74, 6) is 0. The van der Waals surface area contributed by atoms with E-state index in [4.69, 9.17) is 0 Å². The van der Waals surface area contributed by atoms with Gasteiger partial charge in [-0.05, 0) is 42.5 Å². The van der Waals surface area contributed by atoms with Crippen molar-refractivity contribution in [2.24, 2.45) is 0 Å². The zero-order valence-electron chi connectivity index (χ0n) is 10.4. The Bertz CT molecular complexity index is 622. The van der Waals surface area contributed by atoms with Crippen LogP contribution in [0.4, 0.5) is 0 Å². The van der Waals surface area contributed by atoms with E-state index in [1.807, 2.05) is 6.20 Å². The van der Waals surface area contributed by atoms with Crippen molar-refractivity contribution in [3.8, 4) is 0 Å². The summed E-state index contributed by atoms with van der Waals surface area (Å²) in [5, 5.41) is 1.37. The smallest absolute Gasteiger partial charge is 0.0456 e. The topological polar surface area (TPSA) is 15.8 Å². The van der Waals surface area contributed by atoms with Crippen LogP contribution in [-0.4, -0.2) is 4.98 Å². The van der Waals surface area contributed by atoms with Gasteiger partial charge in [-0.3, -0.25) is 0 Å². The van der Waals surface area contributed by atoms with Gasteiger partial charge in [0.05, 0.1) is 0 Å². The highest BCUT2D eigenvalue weighted by atomic mass is 14.7. The van der Waals surface area contributed by atoms with Crippen LogP contribution in [0, 0.1) is 0 Å². The number of aryl methyl sites for hydroxylation is 2. The predicted molar refractivity (Wildman–Crippen MR) is 76.8 cm³/mol. The standard InChI is InChI=1S/C17H17N/c1-2-6-14(7-3-1)8-4-9-15-10-5-11-17-16(15)12-13-18-17/h1-3,5-7,10-13,18H,4,8-9H2. The van der Waals surface area contributed by atoms with Crippen molar-refractivity contribution in [1.29, 1.82) is 0 Å². The van der Waals surface area contributed by atoms with Crippen LogP contribution in [0.25, 0.3) is 10.9 Å². The first-order valence-electron chi connectivity index (χ1n) is 6.52. The largest absolute Gasteiger partial charge is 0.361 e. The van der Waals surface area contributed by atoms with E-state index in [0.717, 1.165) is 12.8 Å². The summed E-state index contributed by atoms with van der Waals surface area (Å²) in [6.45, 7) is 0. The van der Waals surface area contributed by atoms with Crippen LogP contribution >= 0.6 is 0 Å². The molecule has 0 saturated heterocycles. The molecule has 0 spiro atoms. The first kappa shape index (κ1) is 11.1. The second kappa shape index (κ2) is 5.09. The molecule has 0 aliphatic rings. The molecule has 1 N–H and O–H groups in total. The number of H-pyrrole nitrogens is 1. The molecule has 0 radical (unpaired) electrons. The van der Waals surface area contributed by atoms with Gasteiger partial charge < -0.3 is 4.98 Å². The fraction of sp³-hybridized carbons (Fsp3) is 0.176. The third-order valence-electron chi connectivity index (χ3n) is 3.44. The minimum absolute atomic E-state index is 1.14. The first-order chi connectivity index (χ1) is 8.93. The van der Waals surface area contributed by atoms with Gasteiger partial charge in [-0.1, -0.05) is 42.5 Å². The summed E-state index contributed by atoms with van der Waals surface area (Å²) in [5.41, 5.74) is 4.12. The molecule has 0 aliphatic heterocycles. The molecule has 1 heterocycles. The van der Waals surface area contributed by atoms with Crippen molar-refractivity contribution in [3.05, 3.63) is 71.9 Å². The van der Waals surface area contributed by atoms with Gasteiger partial charge in [0.2, 0.25) is 0 Å². The van der Waals surface area contributed by atoms with E-state index in [9.17, 15) is 0 Å². The zero-order valence-corrected chi connectivity index (χ0v) is 10.4. The molecule has 1 nitrogen and oxygen atoms in total. The SMILES string of the molecule is c1ccc(CCCc2cccc3[nH]ccc23)cc1. The van der Waals surface area contributed by atoms with E-state index in [2.05, 4.69) is 59.6 Å². The molecular formula is C17H17N. The monoisotopic (exact) mass is 235 g/mol. The van der Waals surface area contributed by atoms with Crippen molar-refractivity contribution >= 4 is 10.9 Å². The number of aromatic nitrogens is 1. The molecule has 1 aromatic heterocycles. The van der Waals surface area contributed by atoms with Gasteiger partial charge in [0.15, 0.2) is 0 Å². The predicted octanol–water partition coefficient (Wildman–Crippen LogP) is 4.34. The van der Waals surface area contributed by atoms with Crippen molar-refractivity contribution in [1.82, 2.24) is 4.98 Å². The molecule has 0 aliphatic carbocycles. The van der Waals surface area contributed by atoms with Crippen molar-refractivity contribution < 1.29 is 0 Å². The summed E-state index contributed by atoms with van der Waals surface area (Å²) in [4.78, 5) is 3.27. The highest BCUT2D eigenvalue weighted by Crippen LogP contribution is 2.19. The summed E-state index contributed by atoms with van der Waals surface area (Å²) in [6.07, 6.45) is 5.52. The fourth-order valence-corrected chi connectivity index (χ4v) is 2.50. The Morgan fingerprint density at radius 1 is 0.778 bits per heavy atom. The lowest BCUT2D eigenvalue weighted by Gasteiger charge is -2.04. The molecule has 0 atom stereocenters. The molecule has 3 aromatic rings. The van der Waals surface area contributed by atoms with Crippen molar-refractivity contribution in [2.45, 2.75) is 19.3 Å².